The highest BCUT2D eigenvalue weighted by atomic mass is 16.5. The fourth-order valence-corrected chi connectivity index (χ4v) is 1.33. The Hall–Kier alpha value is -2.06. The molecule has 1 amide bonds. The smallest absolute Gasteiger partial charge is 0.275 e. The molecule has 0 aromatic heterocycles. The molecule has 0 saturated heterocycles. The van der Waals surface area contributed by atoms with Gasteiger partial charge in [-0.25, -0.2) is 5.84 Å². The Balaban J connectivity index is 2.79. The van der Waals surface area contributed by atoms with Crippen LogP contribution in [-0.4, -0.2) is 12.0 Å². The lowest BCUT2D eigenvalue weighted by molar-refractivity contribution is -0.129. The molecule has 3 N–H and O–H groups in total. The summed E-state index contributed by atoms with van der Waals surface area (Å²) in [7, 11) is 0. The minimum Gasteiger partial charge on any atom is -0.480 e. The van der Waals surface area contributed by atoms with Crippen molar-refractivity contribution in [3.05, 3.63) is 29.8 Å². The van der Waals surface area contributed by atoms with Crippen LogP contribution < -0.4 is 16.0 Å². The Kier molecular flexibility index (Phi) is 4.49. The number of hydrogen-bond acceptors (Lipinski definition) is 4. The summed E-state index contributed by atoms with van der Waals surface area (Å²) in [6, 6.07) is 8.57. The van der Waals surface area contributed by atoms with E-state index in [1.165, 1.54) is 0 Å². The first-order valence-electron chi connectivity index (χ1n) is 5.25. The van der Waals surface area contributed by atoms with Crippen molar-refractivity contribution in [3.63, 3.8) is 0 Å². The van der Waals surface area contributed by atoms with Gasteiger partial charge in [-0.2, -0.15) is 5.26 Å². The quantitative estimate of drug-likeness (QED) is 0.460. The third-order valence-electron chi connectivity index (χ3n) is 2.25. The van der Waals surface area contributed by atoms with Crippen LogP contribution >= 0.6 is 0 Å². The Labute approximate surface area is 100 Å². The second kappa shape index (κ2) is 5.87. The molecule has 90 valence electrons. The number of carbonyl (C=O) groups is 1. The molecule has 0 aliphatic carbocycles. The molecular formula is C12H15N3O2. The second-order valence-corrected chi connectivity index (χ2v) is 3.93. The maximum absolute atomic E-state index is 11.5. The van der Waals surface area contributed by atoms with Gasteiger partial charge in [0.15, 0.2) is 6.10 Å². The van der Waals surface area contributed by atoms with Gasteiger partial charge in [0.1, 0.15) is 5.75 Å². The van der Waals surface area contributed by atoms with Crippen molar-refractivity contribution in [2.24, 2.45) is 11.8 Å². The normalized spacial score (nSPS) is 11.7. The zero-order valence-corrected chi connectivity index (χ0v) is 9.81. The monoisotopic (exact) mass is 233 g/mol. The van der Waals surface area contributed by atoms with Gasteiger partial charge in [-0.1, -0.05) is 13.8 Å². The molecular weight excluding hydrogens is 218 g/mol. The number of nitrogens with one attached hydrogen (secondary N) is 1. The number of benzene rings is 1. The van der Waals surface area contributed by atoms with Crippen molar-refractivity contribution in [3.8, 4) is 11.8 Å². The standard InChI is InChI=1S/C12H15N3O2/c1-8(2)11(12(16)15-14)17-10-5-3-9(7-13)4-6-10/h3-6,8,11H,14H2,1-2H3,(H,15,16). The van der Waals surface area contributed by atoms with E-state index in [0.29, 0.717) is 11.3 Å². The van der Waals surface area contributed by atoms with Crippen molar-refractivity contribution in [2.75, 3.05) is 0 Å². The van der Waals surface area contributed by atoms with Crippen LogP contribution in [0.1, 0.15) is 19.4 Å². The molecule has 1 aromatic carbocycles. The molecule has 0 fully saturated rings. The summed E-state index contributed by atoms with van der Waals surface area (Å²) in [6.45, 7) is 3.73. The number of ether oxygens (including phenoxy) is 1. The number of carbonyl (C=O) groups excluding carboxylic acids is 1. The van der Waals surface area contributed by atoms with Crippen LogP contribution in [0.5, 0.6) is 5.75 Å². The zero-order valence-electron chi connectivity index (χ0n) is 9.81. The largest absolute Gasteiger partial charge is 0.480 e. The number of hydrogen-bond donors (Lipinski definition) is 2. The lowest BCUT2D eigenvalue weighted by Crippen LogP contribution is -2.44. The summed E-state index contributed by atoms with van der Waals surface area (Å²) in [5.41, 5.74) is 2.62. The van der Waals surface area contributed by atoms with E-state index in [4.69, 9.17) is 15.8 Å². The minimum absolute atomic E-state index is 0.00538. The molecule has 0 aliphatic rings. The molecule has 17 heavy (non-hydrogen) atoms. The first-order valence-corrected chi connectivity index (χ1v) is 5.25. The third kappa shape index (κ3) is 3.47. The Morgan fingerprint density at radius 3 is 2.41 bits per heavy atom. The van der Waals surface area contributed by atoms with E-state index in [-0.39, 0.29) is 11.8 Å². The molecule has 5 heteroatoms. The van der Waals surface area contributed by atoms with E-state index < -0.39 is 6.10 Å². The number of nitriles is 1. The van der Waals surface area contributed by atoms with Crippen molar-refractivity contribution in [1.29, 1.82) is 5.26 Å². The minimum atomic E-state index is -0.645. The van der Waals surface area contributed by atoms with Crippen molar-refractivity contribution < 1.29 is 9.53 Å². The van der Waals surface area contributed by atoms with E-state index in [1.807, 2.05) is 19.9 Å². The Morgan fingerprint density at radius 1 is 1.41 bits per heavy atom. The predicted octanol–water partition coefficient (Wildman–Crippen LogP) is 0.952. The average Bonchev–Trinajstić information content (AvgIpc) is 2.35. The highest BCUT2D eigenvalue weighted by Gasteiger charge is 2.23. The molecule has 1 aromatic rings. The van der Waals surface area contributed by atoms with Crippen LogP contribution in [0.2, 0.25) is 0 Å². The first kappa shape index (κ1) is 13.0. The second-order valence-electron chi connectivity index (χ2n) is 3.93. The molecule has 5 nitrogen and oxygen atoms in total. The van der Waals surface area contributed by atoms with Gasteiger partial charge in [-0.3, -0.25) is 10.2 Å². The van der Waals surface area contributed by atoms with Crippen LogP contribution in [0.25, 0.3) is 0 Å². The van der Waals surface area contributed by atoms with Crippen LogP contribution in [0.4, 0.5) is 0 Å². The summed E-state index contributed by atoms with van der Waals surface area (Å²) in [5.74, 6) is 5.24. The highest BCUT2D eigenvalue weighted by Crippen LogP contribution is 2.16. The molecule has 0 radical (unpaired) electrons. The molecule has 1 rings (SSSR count). The van der Waals surface area contributed by atoms with Crippen LogP contribution in [0.15, 0.2) is 24.3 Å². The van der Waals surface area contributed by atoms with Crippen molar-refractivity contribution >= 4 is 5.91 Å². The van der Waals surface area contributed by atoms with E-state index in [0.717, 1.165) is 0 Å². The van der Waals surface area contributed by atoms with Crippen molar-refractivity contribution in [2.45, 2.75) is 20.0 Å². The summed E-state index contributed by atoms with van der Waals surface area (Å²) in [4.78, 5) is 11.5. The summed E-state index contributed by atoms with van der Waals surface area (Å²) < 4.78 is 5.53. The van der Waals surface area contributed by atoms with Gasteiger partial charge in [-0.05, 0) is 30.2 Å². The molecule has 0 aliphatic heterocycles. The summed E-state index contributed by atoms with van der Waals surface area (Å²) >= 11 is 0. The van der Waals surface area contributed by atoms with Crippen molar-refractivity contribution in [1.82, 2.24) is 5.43 Å². The van der Waals surface area contributed by atoms with Gasteiger partial charge in [0, 0.05) is 0 Å². The molecule has 0 heterocycles. The Bertz CT molecular complexity index is 420. The predicted molar refractivity (Wildman–Crippen MR) is 62.7 cm³/mol. The summed E-state index contributed by atoms with van der Waals surface area (Å²) in [6.07, 6.45) is -0.645. The third-order valence-corrected chi connectivity index (χ3v) is 2.25. The summed E-state index contributed by atoms with van der Waals surface area (Å²) in [5, 5.41) is 8.65. The van der Waals surface area contributed by atoms with Gasteiger partial charge in [0.05, 0.1) is 11.6 Å². The maximum atomic E-state index is 11.5. The van der Waals surface area contributed by atoms with Crippen LogP contribution in [0.3, 0.4) is 0 Å². The average molecular weight is 233 g/mol. The highest BCUT2D eigenvalue weighted by molar-refractivity contribution is 5.80. The van der Waals surface area contributed by atoms with E-state index in [2.05, 4.69) is 5.43 Å². The topological polar surface area (TPSA) is 88.1 Å². The number of nitrogens with two attached hydrogens (primary N) is 1. The lowest BCUT2D eigenvalue weighted by Gasteiger charge is -2.20. The van der Waals surface area contributed by atoms with Gasteiger partial charge >= 0.3 is 0 Å². The maximum Gasteiger partial charge on any atom is 0.275 e. The van der Waals surface area contributed by atoms with E-state index in [1.54, 1.807) is 24.3 Å². The van der Waals surface area contributed by atoms with E-state index >= 15 is 0 Å². The van der Waals surface area contributed by atoms with Crippen LogP contribution in [0, 0.1) is 17.2 Å². The van der Waals surface area contributed by atoms with E-state index in [9.17, 15) is 4.79 Å². The van der Waals surface area contributed by atoms with Gasteiger partial charge < -0.3 is 4.74 Å². The zero-order chi connectivity index (χ0) is 12.8. The lowest BCUT2D eigenvalue weighted by atomic mass is 10.1. The van der Waals surface area contributed by atoms with Gasteiger partial charge in [-0.15, -0.1) is 0 Å². The molecule has 0 bridgehead atoms. The Morgan fingerprint density at radius 2 is 2.00 bits per heavy atom. The fraction of sp³-hybridized carbons (Fsp3) is 0.333. The van der Waals surface area contributed by atoms with Gasteiger partial charge in [0.25, 0.3) is 5.91 Å². The molecule has 1 unspecified atom stereocenters. The number of nitrogens with zero attached hydrogens (tertiary/aromatic N) is 1. The number of amides is 1. The number of rotatable bonds is 4. The SMILES string of the molecule is CC(C)C(Oc1ccc(C#N)cc1)C(=O)NN. The van der Waals surface area contributed by atoms with Gasteiger partial charge in [0.2, 0.25) is 0 Å². The van der Waals surface area contributed by atoms with Crippen LogP contribution in [-0.2, 0) is 4.79 Å². The molecule has 1 atom stereocenters. The molecule has 0 spiro atoms. The first-order chi connectivity index (χ1) is 8.08. The fourth-order valence-electron chi connectivity index (χ4n) is 1.33. The molecule has 0 saturated carbocycles. The number of hydrazine groups is 1.